The molecule has 0 saturated heterocycles. The van der Waals surface area contributed by atoms with E-state index in [9.17, 15) is 19.5 Å². The first-order valence-electron chi connectivity index (χ1n) is 10.0. The number of carboxylic acid groups (broad SMARTS) is 1. The summed E-state index contributed by atoms with van der Waals surface area (Å²) in [5.41, 5.74) is -0.690. The minimum Gasteiger partial charge on any atom is -0.493 e. The Labute approximate surface area is 165 Å². The lowest BCUT2D eigenvalue weighted by molar-refractivity contribution is -0.148. The predicted octanol–water partition coefficient (Wildman–Crippen LogP) is 2.89. The molecule has 0 atom stereocenters. The van der Waals surface area contributed by atoms with Gasteiger partial charge in [0, 0.05) is 13.0 Å². The van der Waals surface area contributed by atoms with Crippen molar-refractivity contribution in [1.29, 1.82) is 0 Å². The third kappa shape index (κ3) is 5.97. The zero-order valence-electron chi connectivity index (χ0n) is 16.5. The van der Waals surface area contributed by atoms with Gasteiger partial charge in [-0.2, -0.15) is 0 Å². The first-order chi connectivity index (χ1) is 13.5. The zero-order chi connectivity index (χ0) is 20.4. The van der Waals surface area contributed by atoms with Gasteiger partial charge in [0.05, 0.1) is 12.2 Å². The molecule has 1 aromatic rings. The Morgan fingerprint density at radius 3 is 2.43 bits per heavy atom. The minimum atomic E-state index is -1.15. The van der Waals surface area contributed by atoms with E-state index in [-0.39, 0.29) is 18.2 Å². The highest BCUT2D eigenvalue weighted by Gasteiger charge is 2.39. The van der Waals surface area contributed by atoms with Gasteiger partial charge in [0.1, 0.15) is 11.3 Å². The fourth-order valence-electron chi connectivity index (χ4n) is 3.54. The maximum Gasteiger partial charge on any atom is 0.329 e. The van der Waals surface area contributed by atoms with Gasteiger partial charge in [-0.15, -0.1) is 0 Å². The van der Waals surface area contributed by atoms with E-state index < -0.39 is 11.5 Å². The van der Waals surface area contributed by atoms with Crippen LogP contribution in [-0.4, -0.2) is 41.6 Å². The average Bonchev–Trinajstić information content (AvgIpc) is 2.92. The standard InChI is InChI=1S/C21H30N2O5/c1-2-28-17-11-6-5-10-16(17)19(25)22-15-9-12-18(24)23-21(20(26)27)13-7-3-4-8-14-21/h5-6,10-11H,2-4,7-9,12-15H2,1H3,(H,22,25)(H,23,24)(H,26,27). The lowest BCUT2D eigenvalue weighted by atomic mass is 9.90. The smallest absolute Gasteiger partial charge is 0.329 e. The molecule has 1 saturated carbocycles. The third-order valence-corrected chi connectivity index (χ3v) is 5.04. The SMILES string of the molecule is CCOc1ccccc1C(=O)NCCCC(=O)NC1(C(=O)O)CCCCCC1. The highest BCUT2D eigenvalue weighted by Crippen LogP contribution is 2.27. The number of hydrogen-bond acceptors (Lipinski definition) is 4. The van der Waals surface area contributed by atoms with E-state index in [0.29, 0.717) is 43.7 Å². The minimum absolute atomic E-state index is 0.169. The van der Waals surface area contributed by atoms with Gasteiger partial charge >= 0.3 is 5.97 Å². The molecule has 0 aliphatic heterocycles. The quantitative estimate of drug-likeness (QED) is 0.444. The Hall–Kier alpha value is -2.57. The summed E-state index contributed by atoms with van der Waals surface area (Å²) in [6.45, 7) is 2.65. The van der Waals surface area contributed by atoms with Crippen LogP contribution < -0.4 is 15.4 Å². The first-order valence-corrected chi connectivity index (χ1v) is 10.0. The number of benzene rings is 1. The molecule has 7 heteroatoms. The molecule has 7 nitrogen and oxygen atoms in total. The van der Waals surface area contributed by atoms with E-state index >= 15 is 0 Å². The molecule has 154 valence electrons. The van der Waals surface area contributed by atoms with Crippen LogP contribution in [0.15, 0.2) is 24.3 Å². The monoisotopic (exact) mass is 390 g/mol. The summed E-state index contributed by atoms with van der Waals surface area (Å²) in [7, 11) is 0. The summed E-state index contributed by atoms with van der Waals surface area (Å²) in [5, 5.41) is 15.1. The van der Waals surface area contributed by atoms with Crippen LogP contribution in [0.1, 0.15) is 68.6 Å². The molecular formula is C21H30N2O5. The van der Waals surface area contributed by atoms with Gasteiger partial charge in [-0.3, -0.25) is 9.59 Å². The van der Waals surface area contributed by atoms with Crippen molar-refractivity contribution in [1.82, 2.24) is 10.6 Å². The maximum atomic E-state index is 12.3. The summed E-state index contributed by atoms with van der Waals surface area (Å²) >= 11 is 0. The summed E-state index contributed by atoms with van der Waals surface area (Å²) in [6.07, 6.45) is 5.16. The van der Waals surface area contributed by atoms with E-state index in [1.165, 1.54) is 0 Å². The lowest BCUT2D eigenvalue weighted by Gasteiger charge is -2.29. The normalized spacial score (nSPS) is 15.9. The van der Waals surface area contributed by atoms with Crippen molar-refractivity contribution in [3.8, 4) is 5.75 Å². The summed E-state index contributed by atoms with van der Waals surface area (Å²) in [4.78, 5) is 36.3. The Morgan fingerprint density at radius 2 is 1.79 bits per heavy atom. The molecule has 28 heavy (non-hydrogen) atoms. The molecule has 2 amide bonds. The Morgan fingerprint density at radius 1 is 1.11 bits per heavy atom. The Balaban J connectivity index is 1.80. The molecule has 0 radical (unpaired) electrons. The van der Waals surface area contributed by atoms with Crippen molar-refractivity contribution in [3.63, 3.8) is 0 Å². The van der Waals surface area contributed by atoms with E-state index in [2.05, 4.69) is 10.6 Å². The van der Waals surface area contributed by atoms with Crippen molar-refractivity contribution in [3.05, 3.63) is 29.8 Å². The highest BCUT2D eigenvalue weighted by atomic mass is 16.5. The molecule has 1 aromatic carbocycles. The molecular weight excluding hydrogens is 360 g/mol. The molecule has 0 aromatic heterocycles. The molecule has 2 rings (SSSR count). The van der Waals surface area contributed by atoms with Gasteiger partial charge in [-0.25, -0.2) is 4.79 Å². The van der Waals surface area contributed by atoms with Crippen molar-refractivity contribution >= 4 is 17.8 Å². The van der Waals surface area contributed by atoms with Crippen LogP contribution in [0.4, 0.5) is 0 Å². The Kier molecular flexibility index (Phi) is 8.29. The molecule has 1 aliphatic carbocycles. The van der Waals surface area contributed by atoms with Gasteiger partial charge in [0.2, 0.25) is 5.91 Å². The van der Waals surface area contributed by atoms with Gasteiger partial charge in [-0.1, -0.05) is 37.8 Å². The van der Waals surface area contributed by atoms with Crippen molar-refractivity contribution in [2.24, 2.45) is 0 Å². The van der Waals surface area contributed by atoms with Crippen molar-refractivity contribution in [2.75, 3.05) is 13.2 Å². The van der Waals surface area contributed by atoms with Crippen LogP contribution in [-0.2, 0) is 9.59 Å². The lowest BCUT2D eigenvalue weighted by Crippen LogP contribution is -2.54. The predicted molar refractivity (Wildman–Crippen MR) is 105 cm³/mol. The van der Waals surface area contributed by atoms with Gasteiger partial charge in [0.25, 0.3) is 5.91 Å². The number of carbonyl (C=O) groups excluding carboxylic acids is 2. The Bertz CT molecular complexity index is 681. The van der Waals surface area contributed by atoms with Crippen LogP contribution >= 0.6 is 0 Å². The number of amides is 2. The second-order valence-electron chi connectivity index (χ2n) is 7.14. The zero-order valence-corrected chi connectivity index (χ0v) is 16.5. The highest BCUT2D eigenvalue weighted by molar-refractivity contribution is 5.96. The largest absolute Gasteiger partial charge is 0.493 e. The number of nitrogens with one attached hydrogen (secondary N) is 2. The van der Waals surface area contributed by atoms with Gasteiger partial charge < -0.3 is 20.5 Å². The number of para-hydroxylation sites is 1. The van der Waals surface area contributed by atoms with Crippen LogP contribution in [0.3, 0.4) is 0 Å². The molecule has 3 N–H and O–H groups in total. The molecule has 0 bridgehead atoms. The molecule has 0 heterocycles. The number of aliphatic carboxylic acids is 1. The van der Waals surface area contributed by atoms with Gasteiger partial charge in [0.15, 0.2) is 0 Å². The first kappa shape index (κ1) is 21.7. The van der Waals surface area contributed by atoms with E-state index in [1.807, 2.05) is 6.92 Å². The fraction of sp³-hybridized carbons (Fsp3) is 0.571. The summed E-state index contributed by atoms with van der Waals surface area (Å²) in [5.74, 6) is -0.968. The fourth-order valence-corrected chi connectivity index (χ4v) is 3.54. The summed E-state index contributed by atoms with van der Waals surface area (Å²) in [6, 6.07) is 7.00. The molecule has 0 unspecified atom stereocenters. The maximum absolute atomic E-state index is 12.3. The summed E-state index contributed by atoms with van der Waals surface area (Å²) < 4.78 is 5.45. The van der Waals surface area contributed by atoms with E-state index in [1.54, 1.807) is 24.3 Å². The van der Waals surface area contributed by atoms with Crippen LogP contribution in [0.2, 0.25) is 0 Å². The molecule has 1 fully saturated rings. The van der Waals surface area contributed by atoms with Crippen LogP contribution in [0.25, 0.3) is 0 Å². The second kappa shape index (κ2) is 10.7. The number of rotatable bonds is 9. The average molecular weight is 390 g/mol. The van der Waals surface area contributed by atoms with Crippen molar-refractivity contribution < 1.29 is 24.2 Å². The number of carbonyl (C=O) groups is 3. The van der Waals surface area contributed by atoms with Crippen LogP contribution in [0.5, 0.6) is 5.75 Å². The molecule has 0 spiro atoms. The second-order valence-corrected chi connectivity index (χ2v) is 7.14. The molecule has 1 aliphatic rings. The van der Waals surface area contributed by atoms with Gasteiger partial charge in [-0.05, 0) is 38.3 Å². The topological polar surface area (TPSA) is 105 Å². The van der Waals surface area contributed by atoms with E-state index in [4.69, 9.17) is 4.74 Å². The third-order valence-electron chi connectivity index (χ3n) is 5.04. The van der Waals surface area contributed by atoms with E-state index in [0.717, 1.165) is 25.7 Å². The van der Waals surface area contributed by atoms with Crippen LogP contribution in [0, 0.1) is 0 Å². The number of hydrogen-bond donors (Lipinski definition) is 3. The van der Waals surface area contributed by atoms with Crippen molar-refractivity contribution in [2.45, 2.75) is 63.8 Å². The number of carboxylic acids is 1. The number of ether oxygens (including phenoxy) is 1.